The number of hydrogen-bond acceptors (Lipinski definition) is 3. The summed E-state index contributed by atoms with van der Waals surface area (Å²) in [5.74, 6) is -5.60. The highest BCUT2D eigenvalue weighted by atomic mass is 19.3. The van der Waals surface area contributed by atoms with Crippen LogP contribution in [0, 0.1) is 0 Å². The third-order valence-electron chi connectivity index (χ3n) is 5.90. The maximum Gasteiger partial charge on any atom is 0.326 e. The minimum atomic E-state index is -3.21. The van der Waals surface area contributed by atoms with Gasteiger partial charge < -0.3 is 14.9 Å². The summed E-state index contributed by atoms with van der Waals surface area (Å²) in [7, 11) is 0. The largest absolute Gasteiger partial charge is 0.480 e. The van der Waals surface area contributed by atoms with Gasteiger partial charge in [0.2, 0.25) is 12.3 Å². The fourth-order valence-electron chi connectivity index (χ4n) is 4.29. The Morgan fingerprint density at radius 1 is 1.12 bits per heavy atom. The van der Waals surface area contributed by atoms with Crippen LogP contribution in [0.15, 0.2) is 42.5 Å². The van der Waals surface area contributed by atoms with Gasteiger partial charge in [0.05, 0.1) is 6.54 Å². The third-order valence-corrected chi connectivity index (χ3v) is 5.90. The van der Waals surface area contributed by atoms with Crippen LogP contribution in [-0.2, 0) is 20.3 Å². The SMILES string of the molecule is O=CN(CC(=O)N1C[C@@](F)(CF)C[C@H]1C(=O)O)c1ccc2c(c1)-c1ccccc1C2(F)F. The fraction of sp³-hybridized carbons (Fsp3) is 0.318. The molecule has 0 saturated carbocycles. The van der Waals surface area contributed by atoms with E-state index in [0.717, 1.165) is 11.0 Å². The van der Waals surface area contributed by atoms with E-state index >= 15 is 0 Å². The molecule has 10 heteroatoms. The second-order valence-corrected chi connectivity index (χ2v) is 7.95. The molecule has 168 valence electrons. The Kier molecular flexibility index (Phi) is 5.18. The lowest BCUT2D eigenvalue weighted by atomic mass is 10.0. The summed E-state index contributed by atoms with van der Waals surface area (Å²) in [6.07, 6.45) is -0.404. The molecule has 0 aromatic heterocycles. The van der Waals surface area contributed by atoms with E-state index in [9.17, 15) is 37.1 Å². The summed E-state index contributed by atoms with van der Waals surface area (Å²) in [5, 5.41) is 9.28. The lowest BCUT2D eigenvalue weighted by Crippen LogP contribution is -2.46. The van der Waals surface area contributed by atoms with Crippen LogP contribution >= 0.6 is 0 Å². The first-order valence-electron chi connectivity index (χ1n) is 9.72. The first kappa shape index (κ1) is 21.8. The molecule has 1 aliphatic heterocycles. The number of benzene rings is 2. The number of carbonyl (C=O) groups excluding carboxylic acids is 2. The van der Waals surface area contributed by atoms with Gasteiger partial charge in [-0.3, -0.25) is 9.59 Å². The van der Waals surface area contributed by atoms with Crippen LogP contribution in [0.5, 0.6) is 0 Å². The van der Waals surface area contributed by atoms with E-state index in [-0.39, 0.29) is 22.4 Å². The molecule has 1 aliphatic carbocycles. The number of hydrogen-bond donors (Lipinski definition) is 1. The van der Waals surface area contributed by atoms with Gasteiger partial charge in [-0.2, -0.15) is 8.78 Å². The number of nitrogens with zero attached hydrogens (tertiary/aromatic N) is 2. The van der Waals surface area contributed by atoms with Gasteiger partial charge >= 0.3 is 5.97 Å². The normalized spacial score (nSPS) is 22.9. The van der Waals surface area contributed by atoms with Crippen LogP contribution in [0.1, 0.15) is 17.5 Å². The molecule has 2 aliphatic rings. The maximum absolute atomic E-state index is 14.7. The van der Waals surface area contributed by atoms with E-state index in [1.54, 1.807) is 6.07 Å². The minimum Gasteiger partial charge on any atom is -0.480 e. The van der Waals surface area contributed by atoms with Crippen molar-refractivity contribution < 1.29 is 37.1 Å². The fourth-order valence-corrected chi connectivity index (χ4v) is 4.29. The molecule has 1 saturated heterocycles. The second-order valence-electron chi connectivity index (χ2n) is 7.95. The number of anilines is 1. The zero-order chi connectivity index (χ0) is 23.3. The Morgan fingerprint density at radius 2 is 1.81 bits per heavy atom. The number of rotatable bonds is 6. The van der Waals surface area contributed by atoms with Gasteiger partial charge in [0.25, 0.3) is 5.92 Å². The molecule has 32 heavy (non-hydrogen) atoms. The van der Waals surface area contributed by atoms with Crippen LogP contribution in [0.2, 0.25) is 0 Å². The van der Waals surface area contributed by atoms with Crippen LogP contribution in [-0.4, -0.2) is 59.8 Å². The Morgan fingerprint density at radius 3 is 2.47 bits per heavy atom. The quantitative estimate of drug-likeness (QED) is 0.542. The molecule has 6 nitrogen and oxygen atoms in total. The van der Waals surface area contributed by atoms with Crippen molar-refractivity contribution in [2.75, 3.05) is 24.7 Å². The summed E-state index contributed by atoms with van der Waals surface area (Å²) in [6, 6.07) is 8.12. The lowest BCUT2D eigenvalue weighted by Gasteiger charge is -2.25. The molecule has 1 heterocycles. The van der Waals surface area contributed by atoms with Crippen molar-refractivity contribution in [3.05, 3.63) is 53.6 Å². The molecule has 2 amide bonds. The number of aliphatic carboxylic acids is 1. The van der Waals surface area contributed by atoms with Crippen LogP contribution in [0.3, 0.4) is 0 Å². The summed E-state index contributed by atoms with van der Waals surface area (Å²) >= 11 is 0. The maximum atomic E-state index is 14.7. The van der Waals surface area contributed by atoms with Gasteiger partial charge in [0.1, 0.15) is 19.3 Å². The number of halogens is 4. The number of carboxylic acids is 1. The zero-order valence-electron chi connectivity index (χ0n) is 16.6. The van der Waals surface area contributed by atoms with E-state index in [2.05, 4.69) is 0 Å². The number of carboxylic acid groups (broad SMARTS) is 1. The van der Waals surface area contributed by atoms with E-state index in [1.165, 1.54) is 30.3 Å². The van der Waals surface area contributed by atoms with E-state index in [4.69, 9.17) is 0 Å². The molecule has 4 rings (SSSR count). The number of amides is 2. The number of fused-ring (bicyclic) bond motifs is 3. The molecular weight excluding hydrogens is 432 g/mol. The summed E-state index contributed by atoms with van der Waals surface area (Å²) in [6.45, 7) is -2.86. The molecule has 1 N–H and O–H groups in total. The van der Waals surface area contributed by atoms with Gasteiger partial charge in [0, 0.05) is 23.2 Å². The highest BCUT2D eigenvalue weighted by Crippen LogP contribution is 2.51. The Balaban J connectivity index is 1.62. The topological polar surface area (TPSA) is 77.9 Å². The van der Waals surface area contributed by atoms with Crippen LogP contribution < -0.4 is 4.90 Å². The molecule has 0 unspecified atom stereocenters. The van der Waals surface area contributed by atoms with Crippen LogP contribution in [0.25, 0.3) is 11.1 Å². The monoisotopic (exact) mass is 450 g/mol. The molecular formula is C22H18F4N2O4. The average Bonchev–Trinajstić information content (AvgIpc) is 3.25. The lowest BCUT2D eigenvalue weighted by molar-refractivity contribution is -0.147. The smallest absolute Gasteiger partial charge is 0.326 e. The highest BCUT2D eigenvalue weighted by Gasteiger charge is 2.50. The van der Waals surface area contributed by atoms with Gasteiger partial charge in [-0.1, -0.05) is 24.3 Å². The molecule has 2 aromatic carbocycles. The van der Waals surface area contributed by atoms with Crippen molar-refractivity contribution in [2.45, 2.75) is 24.1 Å². The summed E-state index contributed by atoms with van der Waals surface area (Å²) < 4.78 is 56.8. The molecule has 0 radical (unpaired) electrons. The van der Waals surface area contributed by atoms with Crippen molar-refractivity contribution in [2.24, 2.45) is 0 Å². The predicted molar refractivity (Wildman–Crippen MR) is 106 cm³/mol. The first-order valence-corrected chi connectivity index (χ1v) is 9.72. The number of likely N-dealkylation sites (tertiary alicyclic amines) is 1. The summed E-state index contributed by atoms with van der Waals surface area (Å²) in [4.78, 5) is 37.4. The Bertz CT molecular complexity index is 1110. The first-order chi connectivity index (χ1) is 15.1. The second kappa shape index (κ2) is 7.61. The van der Waals surface area contributed by atoms with Crippen molar-refractivity contribution in [1.29, 1.82) is 0 Å². The molecule has 1 fully saturated rings. The molecule has 0 bridgehead atoms. The van der Waals surface area contributed by atoms with Crippen molar-refractivity contribution >= 4 is 24.0 Å². The molecule has 2 aromatic rings. The van der Waals surface area contributed by atoms with Crippen LogP contribution in [0.4, 0.5) is 23.2 Å². The molecule has 0 spiro atoms. The number of carbonyl (C=O) groups is 3. The molecule has 2 atom stereocenters. The average molecular weight is 450 g/mol. The Labute approximate surface area is 180 Å². The number of alkyl halides is 4. The minimum absolute atomic E-state index is 0.127. The predicted octanol–water partition coefficient (Wildman–Crippen LogP) is 3.13. The van der Waals surface area contributed by atoms with E-state index < -0.39 is 55.7 Å². The van der Waals surface area contributed by atoms with Gasteiger partial charge in [-0.15, -0.1) is 0 Å². The Hall–Kier alpha value is -3.43. The van der Waals surface area contributed by atoms with Crippen molar-refractivity contribution in [3.63, 3.8) is 0 Å². The standard InChI is InChI=1S/C22H18F4N2O4/c23-10-21(24)8-18(20(31)32)28(11-21)19(30)9-27(12-29)13-5-6-17-15(7-13)14-3-1-2-4-16(14)22(17,25)26/h1-7,12,18H,8-11H2,(H,31,32)/t18-,21-/m0/s1. The van der Waals surface area contributed by atoms with Gasteiger partial charge in [0.15, 0.2) is 5.67 Å². The van der Waals surface area contributed by atoms with E-state index in [1.807, 2.05) is 0 Å². The van der Waals surface area contributed by atoms with Crippen molar-refractivity contribution in [1.82, 2.24) is 4.90 Å². The van der Waals surface area contributed by atoms with Gasteiger partial charge in [-0.25, -0.2) is 13.6 Å². The summed E-state index contributed by atoms with van der Waals surface area (Å²) in [5.41, 5.74) is -2.27. The van der Waals surface area contributed by atoms with Gasteiger partial charge in [-0.05, 0) is 29.3 Å². The third kappa shape index (κ3) is 3.39. The zero-order valence-corrected chi connectivity index (χ0v) is 16.6. The highest BCUT2D eigenvalue weighted by molar-refractivity contribution is 5.93. The van der Waals surface area contributed by atoms with E-state index in [0.29, 0.717) is 16.9 Å². The van der Waals surface area contributed by atoms with Crippen molar-refractivity contribution in [3.8, 4) is 11.1 Å².